The normalized spacial score (nSPS) is 10.9. The topological polar surface area (TPSA) is 68.5 Å². The number of hydrogen-bond acceptors (Lipinski definition) is 4. The molecule has 0 saturated carbocycles. The fourth-order valence-electron chi connectivity index (χ4n) is 1.03. The molecule has 1 N–H and O–H groups in total. The van der Waals surface area contributed by atoms with E-state index >= 15 is 0 Å². The zero-order valence-corrected chi connectivity index (χ0v) is 9.57. The molecule has 1 heterocycles. The summed E-state index contributed by atoms with van der Waals surface area (Å²) in [4.78, 5) is 21.6. The summed E-state index contributed by atoms with van der Waals surface area (Å²) in [6.07, 6.45) is 1.50. The molecule has 0 fully saturated rings. The third kappa shape index (κ3) is 4.16. The summed E-state index contributed by atoms with van der Waals surface area (Å²) in [5.74, 6) is 0.507. The number of aldehydes is 1. The molecule has 0 bridgehead atoms. The van der Waals surface area contributed by atoms with E-state index in [1.807, 2.05) is 0 Å². The first-order valence-electron chi connectivity index (χ1n) is 4.90. The Balaban J connectivity index is 2.40. The predicted octanol–water partition coefficient (Wildman–Crippen LogP) is 2.12. The second-order valence-corrected chi connectivity index (χ2v) is 4.32. The van der Waals surface area contributed by atoms with Gasteiger partial charge in [0.15, 0.2) is 6.29 Å². The lowest BCUT2D eigenvalue weighted by atomic mass is 10.2. The molecule has 0 radical (unpaired) electrons. The third-order valence-corrected chi connectivity index (χ3v) is 1.62. The van der Waals surface area contributed by atoms with Gasteiger partial charge in [-0.3, -0.25) is 4.79 Å². The Labute approximate surface area is 93.8 Å². The monoisotopic (exact) mass is 225 g/mol. The van der Waals surface area contributed by atoms with Crippen molar-refractivity contribution in [2.75, 3.05) is 0 Å². The van der Waals surface area contributed by atoms with E-state index in [9.17, 15) is 9.59 Å². The van der Waals surface area contributed by atoms with Gasteiger partial charge in [0, 0.05) is 0 Å². The van der Waals surface area contributed by atoms with Crippen molar-refractivity contribution in [2.24, 2.45) is 0 Å². The minimum absolute atomic E-state index is 0.197. The van der Waals surface area contributed by atoms with Gasteiger partial charge in [-0.1, -0.05) is 0 Å². The molecule has 0 aliphatic heterocycles. The molecule has 88 valence electrons. The van der Waals surface area contributed by atoms with Crippen LogP contribution in [0.25, 0.3) is 0 Å². The van der Waals surface area contributed by atoms with Gasteiger partial charge in [0.05, 0.1) is 12.1 Å². The Morgan fingerprint density at radius 2 is 2.25 bits per heavy atom. The van der Waals surface area contributed by atoms with Crippen molar-refractivity contribution in [1.82, 2.24) is 5.32 Å². The molecule has 0 spiro atoms. The van der Waals surface area contributed by atoms with Crippen LogP contribution in [0.4, 0.5) is 4.79 Å². The first-order valence-corrected chi connectivity index (χ1v) is 4.90. The van der Waals surface area contributed by atoms with E-state index in [4.69, 9.17) is 9.15 Å². The minimum atomic E-state index is -0.527. The van der Waals surface area contributed by atoms with Crippen LogP contribution in [0.3, 0.4) is 0 Å². The fourth-order valence-corrected chi connectivity index (χ4v) is 1.03. The number of amides is 1. The molecule has 0 saturated heterocycles. The van der Waals surface area contributed by atoms with E-state index < -0.39 is 11.7 Å². The van der Waals surface area contributed by atoms with Crippen molar-refractivity contribution in [3.63, 3.8) is 0 Å². The van der Waals surface area contributed by atoms with Crippen LogP contribution in [0.15, 0.2) is 16.7 Å². The average Bonchev–Trinajstić information content (AvgIpc) is 2.59. The first kappa shape index (κ1) is 12.3. The van der Waals surface area contributed by atoms with Gasteiger partial charge in [-0.15, -0.1) is 0 Å². The van der Waals surface area contributed by atoms with Crippen molar-refractivity contribution in [3.8, 4) is 0 Å². The Kier molecular flexibility index (Phi) is 3.71. The highest BCUT2D eigenvalue weighted by atomic mass is 16.6. The number of furan rings is 1. The van der Waals surface area contributed by atoms with Crippen molar-refractivity contribution in [3.05, 3.63) is 23.7 Å². The summed E-state index contributed by atoms with van der Waals surface area (Å²) in [6, 6.07) is 1.56. The lowest BCUT2D eigenvalue weighted by Gasteiger charge is -2.19. The van der Waals surface area contributed by atoms with Crippen LogP contribution in [0.2, 0.25) is 0 Å². The number of hydrogen-bond donors (Lipinski definition) is 1. The van der Waals surface area contributed by atoms with Gasteiger partial charge in [-0.25, -0.2) is 4.79 Å². The van der Waals surface area contributed by atoms with Gasteiger partial charge < -0.3 is 14.5 Å². The third-order valence-electron chi connectivity index (χ3n) is 1.62. The second-order valence-electron chi connectivity index (χ2n) is 4.32. The Morgan fingerprint density at radius 1 is 1.56 bits per heavy atom. The lowest BCUT2D eigenvalue weighted by Crippen LogP contribution is -2.32. The zero-order valence-electron chi connectivity index (χ0n) is 9.57. The van der Waals surface area contributed by atoms with Crippen LogP contribution in [0.5, 0.6) is 0 Å². The molecular weight excluding hydrogens is 210 g/mol. The Hall–Kier alpha value is -1.78. The quantitative estimate of drug-likeness (QED) is 0.800. The lowest BCUT2D eigenvalue weighted by molar-refractivity contribution is 0.0520. The van der Waals surface area contributed by atoms with Gasteiger partial charge >= 0.3 is 6.09 Å². The standard InChI is InChI=1S/C11H15NO4/c1-11(2,3)16-10(14)12-5-9-4-8(6-13)7-15-9/h4,6-7H,5H2,1-3H3,(H,12,14). The molecule has 1 aromatic heterocycles. The number of nitrogens with one attached hydrogen (secondary N) is 1. The molecule has 0 atom stereocenters. The maximum absolute atomic E-state index is 11.3. The van der Waals surface area contributed by atoms with Gasteiger partial charge in [0.1, 0.15) is 17.6 Å². The van der Waals surface area contributed by atoms with E-state index in [0.29, 0.717) is 17.6 Å². The van der Waals surface area contributed by atoms with E-state index in [1.165, 1.54) is 6.26 Å². The minimum Gasteiger partial charge on any atom is -0.467 e. The van der Waals surface area contributed by atoms with E-state index in [-0.39, 0.29) is 6.54 Å². The highest BCUT2D eigenvalue weighted by molar-refractivity contribution is 5.74. The van der Waals surface area contributed by atoms with Crippen molar-refractivity contribution in [1.29, 1.82) is 0 Å². The number of alkyl carbamates (subject to hydrolysis) is 1. The van der Waals surface area contributed by atoms with Gasteiger partial charge in [-0.05, 0) is 26.8 Å². The maximum Gasteiger partial charge on any atom is 0.408 e. The molecule has 0 unspecified atom stereocenters. The number of carbonyl (C=O) groups is 2. The zero-order chi connectivity index (χ0) is 12.2. The first-order chi connectivity index (χ1) is 7.40. The van der Waals surface area contributed by atoms with Crippen LogP contribution < -0.4 is 5.32 Å². The van der Waals surface area contributed by atoms with Crippen LogP contribution in [0.1, 0.15) is 36.9 Å². The summed E-state index contributed by atoms with van der Waals surface area (Å²) >= 11 is 0. The molecule has 5 heteroatoms. The molecule has 5 nitrogen and oxygen atoms in total. The van der Waals surface area contributed by atoms with E-state index in [0.717, 1.165) is 0 Å². The second kappa shape index (κ2) is 4.83. The van der Waals surface area contributed by atoms with Gasteiger partial charge in [0.25, 0.3) is 0 Å². The van der Waals surface area contributed by atoms with Crippen LogP contribution in [0, 0.1) is 0 Å². The number of rotatable bonds is 3. The highest BCUT2D eigenvalue weighted by Gasteiger charge is 2.16. The number of ether oxygens (including phenoxy) is 1. The molecule has 0 aromatic carbocycles. The van der Waals surface area contributed by atoms with Crippen LogP contribution in [-0.4, -0.2) is 18.0 Å². The SMILES string of the molecule is CC(C)(C)OC(=O)NCc1cc(C=O)co1. The molecule has 0 aliphatic carbocycles. The fraction of sp³-hybridized carbons (Fsp3) is 0.455. The molecule has 1 amide bonds. The smallest absolute Gasteiger partial charge is 0.408 e. The molecule has 1 aromatic rings. The Morgan fingerprint density at radius 3 is 2.75 bits per heavy atom. The highest BCUT2D eigenvalue weighted by Crippen LogP contribution is 2.08. The Bertz CT molecular complexity index is 376. The molecule has 0 aliphatic rings. The van der Waals surface area contributed by atoms with Crippen LogP contribution in [-0.2, 0) is 11.3 Å². The van der Waals surface area contributed by atoms with Crippen LogP contribution >= 0.6 is 0 Å². The van der Waals surface area contributed by atoms with Gasteiger partial charge in [-0.2, -0.15) is 0 Å². The summed E-state index contributed by atoms with van der Waals surface area (Å²) in [7, 11) is 0. The van der Waals surface area contributed by atoms with E-state index in [2.05, 4.69) is 5.32 Å². The maximum atomic E-state index is 11.3. The summed E-state index contributed by atoms with van der Waals surface area (Å²) in [5.41, 5.74) is -0.0812. The van der Waals surface area contributed by atoms with Crippen molar-refractivity contribution in [2.45, 2.75) is 32.9 Å². The van der Waals surface area contributed by atoms with E-state index in [1.54, 1.807) is 26.8 Å². The van der Waals surface area contributed by atoms with Crippen molar-refractivity contribution < 1.29 is 18.7 Å². The summed E-state index contributed by atoms with van der Waals surface area (Å²) in [6.45, 7) is 5.54. The predicted molar refractivity (Wildman–Crippen MR) is 57.2 cm³/mol. The largest absolute Gasteiger partial charge is 0.467 e. The summed E-state index contributed by atoms with van der Waals surface area (Å²) in [5, 5.41) is 2.52. The summed E-state index contributed by atoms with van der Waals surface area (Å²) < 4.78 is 10.1. The average molecular weight is 225 g/mol. The van der Waals surface area contributed by atoms with Gasteiger partial charge in [0.2, 0.25) is 0 Å². The molecular formula is C11H15NO4. The van der Waals surface area contributed by atoms with Crippen molar-refractivity contribution >= 4 is 12.4 Å². The molecule has 1 rings (SSSR count). The molecule has 16 heavy (non-hydrogen) atoms. The number of carbonyl (C=O) groups excluding carboxylic acids is 2.